The first-order valence-electron chi connectivity index (χ1n) is 12.9. The molecule has 0 atom stereocenters. The minimum absolute atomic E-state index is 0.00596. The predicted molar refractivity (Wildman–Crippen MR) is 147 cm³/mol. The Morgan fingerprint density at radius 2 is 1.95 bits per heavy atom. The molecule has 0 radical (unpaired) electrons. The molecule has 0 aliphatic carbocycles. The highest BCUT2D eigenvalue weighted by Gasteiger charge is 2.18. The van der Waals surface area contributed by atoms with E-state index in [4.69, 9.17) is 9.47 Å². The number of anilines is 2. The molecule has 2 bridgehead atoms. The minimum atomic E-state index is 0.00596. The van der Waals surface area contributed by atoms with E-state index in [9.17, 15) is 5.11 Å². The third-order valence-corrected chi connectivity index (χ3v) is 6.89. The number of rotatable bonds is 1. The minimum Gasteiger partial charge on any atom is -0.494 e. The summed E-state index contributed by atoms with van der Waals surface area (Å²) in [6.07, 6.45) is 8.32. The summed E-state index contributed by atoms with van der Waals surface area (Å²) in [7, 11) is 2.11. The molecule has 2 aliphatic heterocycles. The number of aromatic hydroxyl groups is 1. The van der Waals surface area contributed by atoms with E-state index in [2.05, 4.69) is 61.2 Å². The van der Waals surface area contributed by atoms with Gasteiger partial charge in [0.1, 0.15) is 23.5 Å². The van der Waals surface area contributed by atoms with Crippen molar-refractivity contribution in [2.45, 2.75) is 26.2 Å². The number of nitrogens with one attached hydrogen (secondary N) is 2. The van der Waals surface area contributed by atoms with Gasteiger partial charge in [0.2, 0.25) is 0 Å². The molecule has 2 aromatic heterocycles. The second-order valence-electron chi connectivity index (χ2n) is 9.28. The largest absolute Gasteiger partial charge is 0.494 e. The van der Waals surface area contributed by atoms with Crippen LogP contribution in [0.15, 0.2) is 41.3 Å². The number of likely N-dealkylation sites (N-methyl/N-ethyl adjacent to an activating group) is 1. The molecule has 3 N–H and O–H groups in total. The van der Waals surface area contributed by atoms with Crippen molar-refractivity contribution >= 4 is 34.4 Å². The number of hydrogen-bond acceptors (Lipinski definition) is 9. The van der Waals surface area contributed by atoms with Gasteiger partial charge in [0, 0.05) is 51.2 Å². The lowest BCUT2D eigenvalue weighted by Crippen LogP contribution is -2.36. The van der Waals surface area contributed by atoms with Crippen LogP contribution >= 0.6 is 0 Å². The van der Waals surface area contributed by atoms with E-state index in [-0.39, 0.29) is 5.88 Å². The summed E-state index contributed by atoms with van der Waals surface area (Å²) < 4.78 is 11.9. The highest BCUT2D eigenvalue weighted by atomic mass is 16.5. The molecular weight excluding hydrogens is 470 g/mol. The molecule has 5 rings (SSSR count). The SMILES string of the molecule is C/C=C1\CCCCOc2cc(ccc2N2CCOCC2)N=Cc2c(O)[nH]c3ncnc(c23)NCCN1C. The maximum Gasteiger partial charge on any atom is 0.199 e. The number of hydrogen-bond donors (Lipinski definition) is 3. The number of benzene rings is 1. The zero-order valence-electron chi connectivity index (χ0n) is 21.5. The molecule has 0 saturated carbocycles. The highest BCUT2D eigenvalue weighted by molar-refractivity contribution is 6.06. The predicted octanol–water partition coefficient (Wildman–Crippen LogP) is 4.06. The topological polar surface area (TPSA) is 111 Å². The summed E-state index contributed by atoms with van der Waals surface area (Å²) in [6.45, 7) is 7.30. The van der Waals surface area contributed by atoms with E-state index in [1.807, 2.05) is 12.1 Å². The number of fused-ring (bicyclic) bond motifs is 2. The fourth-order valence-corrected chi connectivity index (χ4v) is 4.83. The Morgan fingerprint density at radius 3 is 2.78 bits per heavy atom. The van der Waals surface area contributed by atoms with Crippen LogP contribution in [0.4, 0.5) is 17.2 Å². The van der Waals surface area contributed by atoms with Gasteiger partial charge in [0.05, 0.1) is 42.1 Å². The molecule has 1 saturated heterocycles. The van der Waals surface area contributed by atoms with Gasteiger partial charge in [-0.1, -0.05) is 6.08 Å². The average molecular weight is 506 g/mol. The van der Waals surface area contributed by atoms with E-state index >= 15 is 0 Å². The summed E-state index contributed by atoms with van der Waals surface area (Å²) in [5, 5.41) is 14.8. The van der Waals surface area contributed by atoms with Crippen LogP contribution in [-0.2, 0) is 4.74 Å². The summed E-state index contributed by atoms with van der Waals surface area (Å²) >= 11 is 0. The van der Waals surface area contributed by atoms with Crippen LogP contribution in [0.25, 0.3) is 11.0 Å². The standard InChI is InChI=1S/C27H35N7O3/c1-3-20-6-4-5-13-37-23-16-19(7-8-22(23)34-11-14-36-15-12-34)29-17-21-24-25(28-9-10-33(20)2)30-18-31-26(24)32-27(21)35/h3,7-8,16-18,35H,4-6,9-15H2,1-2H3,(H2,28,30,31,32)/b20-3+,29-17?. The summed E-state index contributed by atoms with van der Waals surface area (Å²) in [5.41, 5.74) is 4.20. The molecule has 4 heterocycles. The molecule has 0 unspecified atom stereocenters. The number of ether oxygens (including phenoxy) is 2. The van der Waals surface area contributed by atoms with Crippen LogP contribution in [0.2, 0.25) is 0 Å². The van der Waals surface area contributed by atoms with Crippen LogP contribution in [-0.4, -0.2) is 84.2 Å². The van der Waals surface area contributed by atoms with Gasteiger partial charge < -0.3 is 34.7 Å². The molecule has 37 heavy (non-hydrogen) atoms. The number of nitrogens with zero attached hydrogens (tertiary/aromatic N) is 5. The third kappa shape index (κ3) is 5.64. The van der Waals surface area contributed by atoms with E-state index in [0.29, 0.717) is 48.8 Å². The molecule has 0 amide bonds. The second kappa shape index (κ2) is 11.5. The maximum absolute atomic E-state index is 10.6. The molecule has 1 fully saturated rings. The normalized spacial score (nSPS) is 18.8. The van der Waals surface area contributed by atoms with Gasteiger partial charge in [-0.3, -0.25) is 4.99 Å². The fourth-order valence-electron chi connectivity index (χ4n) is 4.83. The van der Waals surface area contributed by atoms with E-state index in [1.54, 1.807) is 6.21 Å². The monoisotopic (exact) mass is 505 g/mol. The lowest BCUT2D eigenvalue weighted by atomic mass is 10.1. The van der Waals surface area contributed by atoms with Crippen molar-refractivity contribution in [3.05, 3.63) is 41.9 Å². The zero-order chi connectivity index (χ0) is 25.6. The van der Waals surface area contributed by atoms with Crippen LogP contribution < -0.4 is 15.0 Å². The molecule has 0 spiro atoms. The van der Waals surface area contributed by atoms with Crippen molar-refractivity contribution in [3.8, 4) is 11.6 Å². The average Bonchev–Trinajstić information content (AvgIpc) is 3.25. The third-order valence-electron chi connectivity index (χ3n) is 6.89. The number of morpholine rings is 1. The van der Waals surface area contributed by atoms with Gasteiger partial charge in [0.25, 0.3) is 0 Å². The van der Waals surface area contributed by atoms with E-state index in [1.165, 1.54) is 12.0 Å². The second-order valence-corrected chi connectivity index (χ2v) is 9.28. The van der Waals surface area contributed by atoms with Crippen LogP contribution in [0.5, 0.6) is 11.6 Å². The molecule has 10 heteroatoms. The van der Waals surface area contributed by atoms with Crippen molar-refractivity contribution in [3.63, 3.8) is 0 Å². The van der Waals surface area contributed by atoms with E-state index in [0.717, 1.165) is 56.0 Å². The molecule has 196 valence electrons. The lowest BCUT2D eigenvalue weighted by molar-refractivity contribution is 0.122. The molecule has 10 nitrogen and oxygen atoms in total. The Hall–Kier alpha value is -3.79. The summed E-state index contributed by atoms with van der Waals surface area (Å²) in [4.78, 5) is 21.0. The van der Waals surface area contributed by atoms with Gasteiger partial charge in [-0.15, -0.1) is 0 Å². The molecule has 1 aromatic carbocycles. The first-order chi connectivity index (χ1) is 18.1. The quantitative estimate of drug-likeness (QED) is 0.454. The number of H-pyrrole nitrogens is 1. The maximum atomic E-state index is 10.6. The van der Waals surface area contributed by atoms with Crippen LogP contribution in [0.3, 0.4) is 0 Å². The Labute approximate surface area is 217 Å². The van der Waals surface area contributed by atoms with Crippen molar-refractivity contribution in [1.29, 1.82) is 0 Å². The number of aromatic nitrogens is 3. The van der Waals surface area contributed by atoms with Crippen LogP contribution in [0.1, 0.15) is 31.7 Å². The lowest BCUT2D eigenvalue weighted by Gasteiger charge is -2.30. The van der Waals surface area contributed by atoms with Crippen molar-refractivity contribution in [1.82, 2.24) is 19.9 Å². The first kappa shape index (κ1) is 24.9. The van der Waals surface area contributed by atoms with Crippen molar-refractivity contribution in [2.24, 2.45) is 4.99 Å². The zero-order valence-corrected chi connectivity index (χ0v) is 21.5. The Morgan fingerprint density at radius 1 is 1.08 bits per heavy atom. The van der Waals surface area contributed by atoms with Crippen molar-refractivity contribution < 1.29 is 14.6 Å². The van der Waals surface area contributed by atoms with Gasteiger partial charge in [-0.2, -0.15) is 0 Å². The smallest absolute Gasteiger partial charge is 0.199 e. The Bertz CT molecular complexity index is 1280. The molecule has 2 aliphatic rings. The fraction of sp³-hybridized carbons (Fsp3) is 0.444. The first-order valence-corrected chi connectivity index (χ1v) is 12.9. The van der Waals surface area contributed by atoms with Crippen molar-refractivity contribution in [2.75, 3.05) is 63.3 Å². The molecule has 3 aromatic rings. The Balaban J connectivity index is 1.51. The number of allylic oxidation sites excluding steroid dienone is 2. The summed E-state index contributed by atoms with van der Waals surface area (Å²) in [6, 6.07) is 6.00. The Kier molecular flexibility index (Phi) is 7.74. The molecular formula is C27H35N7O3. The van der Waals surface area contributed by atoms with Gasteiger partial charge in [-0.25, -0.2) is 9.97 Å². The van der Waals surface area contributed by atoms with Gasteiger partial charge in [0.15, 0.2) is 5.88 Å². The van der Waals surface area contributed by atoms with Crippen LogP contribution in [0, 0.1) is 0 Å². The van der Waals surface area contributed by atoms with E-state index < -0.39 is 0 Å². The number of aliphatic imine (C=N–C) groups is 1. The number of aromatic amines is 1. The summed E-state index contributed by atoms with van der Waals surface area (Å²) in [5.74, 6) is 1.48. The van der Waals surface area contributed by atoms with Gasteiger partial charge >= 0.3 is 0 Å². The highest BCUT2D eigenvalue weighted by Crippen LogP contribution is 2.34. The van der Waals surface area contributed by atoms with Gasteiger partial charge in [-0.05, 0) is 38.3 Å².